The van der Waals surface area contributed by atoms with Crippen molar-refractivity contribution in [2.24, 2.45) is 0 Å². The van der Waals surface area contributed by atoms with Gasteiger partial charge in [-0.15, -0.1) is 0 Å². The zero-order valence-electron chi connectivity index (χ0n) is 11.1. The Morgan fingerprint density at radius 1 is 1.24 bits per heavy atom. The summed E-state index contributed by atoms with van der Waals surface area (Å²) in [6.45, 7) is 9.22. The first-order valence-electron chi connectivity index (χ1n) is 6.06. The van der Waals surface area contributed by atoms with Gasteiger partial charge in [-0.3, -0.25) is 4.79 Å². The molecule has 1 aromatic carbocycles. The molecule has 0 aromatic heterocycles. The van der Waals surface area contributed by atoms with E-state index in [1.807, 2.05) is 13.8 Å². The number of hydrogen-bond acceptors (Lipinski definition) is 2. The number of aryl methyl sites for hydroxylation is 2. The molecule has 0 aliphatic rings. The molecule has 1 aromatic rings. The molecule has 1 amide bonds. The van der Waals surface area contributed by atoms with Crippen LogP contribution in [-0.4, -0.2) is 18.5 Å². The lowest BCUT2D eigenvalue weighted by molar-refractivity contribution is -0.120. The summed E-state index contributed by atoms with van der Waals surface area (Å²) in [5, 5.41) is 6.03. The first-order chi connectivity index (χ1) is 8.00. The van der Waals surface area contributed by atoms with E-state index in [1.165, 1.54) is 16.7 Å². The van der Waals surface area contributed by atoms with E-state index in [4.69, 9.17) is 0 Å². The van der Waals surface area contributed by atoms with Crippen LogP contribution < -0.4 is 10.6 Å². The van der Waals surface area contributed by atoms with Crippen LogP contribution in [0.3, 0.4) is 0 Å². The molecule has 0 aliphatic carbocycles. The van der Waals surface area contributed by atoms with Crippen LogP contribution in [-0.2, 0) is 11.3 Å². The number of hydrogen-bond donors (Lipinski definition) is 2. The highest BCUT2D eigenvalue weighted by atomic mass is 16.1. The van der Waals surface area contributed by atoms with Crippen LogP contribution in [0, 0.1) is 13.8 Å². The van der Waals surface area contributed by atoms with Crippen LogP contribution in [0.25, 0.3) is 0 Å². The van der Waals surface area contributed by atoms with Crippen molar-refractivity contribution in [3.05, 3.63) is 34.9 Å². The van der Waals surface area contributed by atoms with Crippen molar-refractivity contribution in [3.8, 4) is 0 Å². The van der Waals surface area contributed by atoms with Gasteiger partial charge in [0.05, 0.1) is 6.54 Å². The minimum atomic E-state index is 0.0474. The lowest BCUT2D eigenvalue weighted by Crippen LogP contribution is -2.37. The van der Waals surface area contributed by atoms with Crippen LogP contribution in [0.5, 0.6) is 0 Å². The van der Waals surface area contributed by atoms with Gasteiger partial charge < -0.3 is 10.6 Å². The maximum Gasteiger partial charge on any atom is 0.234 e. The third kappa shape index (κ3) is 4.57. The fourth-order valence-electron chi connectivity index (χ4n) is 1.80. The molecule has 17 heavy (non-hydrogen) atoms. The second-order valence-corrected chi connectivity index (χ2v) is 4.70. The summed E-state index contributed by atoms with van der Waals surface area (Å²) in [6.07, 6.45) is 0. The second-order valence-electron chi connectivity index (χ2n) is 4.70. The van der Waals surface area contributed by atoms with Gasteiger partial charge in [0.1, 0.15) is 0 Å². The fraction of sp³-hybridized carbons (Fsp3) is 0.500. The molecule has 0 spiro atoms. The van der Waals surface area contributed by atoms with E-state index in [9.17, 15) is 4.79 Å². The summed E-state index contributed by atoms with van der Waals surface area (Å²) >= 11 is 0. The van der Waals surface area contributed by atoms with Crippen molar-refractivity contribution in [2.45, 2.75) is 40.3 Å². The number of benzene rings is 1. The summed E-state index contributed by atoms with van der Waals surface area (Å²) < 4.78 is 0. The Morgan fingerprint density at radius 2 is 1.82 bits per heavy atom. The molecule has 0 fully saturated rings. The molecule has 0 radical (unpaired) electrons. The van der Waals surface area contributed by atoms with E-state index in [0.717, 1.165) is 6.54 Å². The van der Waals surface area contributed by atoms with E-state index < -0.39 is 0 Å². The molecule has 0 unspecified atom stereocenters. The molecule has 94 valence electrons. The minimum Gasteiger partial charge on any atom is -0.353 e. The highest BCUT2D eigenvalue weighted by Gasteiger charge is 2.04. The largest absolute Gasteiger partial charge is 0.353 e. The summed E-state index contributed by atoms with van der Waals surface area (Å²) in [5.74, 6) is 0.0474. The Labute approximate surface area is 104 Å². The highest BCUT2D eigenvalue weighted by Crippen LogP contribution is 2.12. The zero-order valence-corrected chi connectivity index (χ0v) is 11.1. The van der Waals surface area contributed by atoms with Gasteiger partial charge in [-0.2, -0.15) is 0 Å². The Morgan fingerprint density at radius 3 is 2.35 bits per heavy atom. The highest BCUT2D eigenvalue weighted by molar-refractivity contribution is 5.78. The predicted molar refractivity (Wildman–Crippen MR) is 70.9 cm³/mol. The quantitative estimate of drug-likeness (QED) is 0.817. The number of amides is 1. The molecule has 1 rings (SSSR count). The van der Waals surface area contributed by atoms with Crippen LogP contribution in [0.2, 0.25) is 0 Å². The third-order valence-electron chi connectivity index (χ3n) is 2.68. The van der Waals surface area contributed by atoms with E-state index >= 15 is 0 Å². The third-order valence-corrected chi connectivity index (χ3v) is 2.68. The molecular formula is C14H22N2O. The predicted octanol–water partition coefficient (Wildman–Crippen LogP) is 1.92. The normalized spacial score (nSPS) is 10.6. The topological polar surface area (TPSA) is 41.1 Å². The molecule has 3 heteroatoms. The van der Waals surface area contributed by atoms with Crippen molar-refractivity contribution in [1.82, 2.24) is 10.6 Å². The van der Waals surface area contributed by atoms with E-state index in [2.05, 4.69) is 42.7 Å². The van der Waals surface area contributed by atoms with E-state index in [1.54, 1.807) is 0 Å². The van der Waals surface area contributed by atoms with Gasteiger partial charge >= 0.3 is 0 Å². The SMILES string of the molecule is Cc1cccc(C)c1CNCC(=O)NC(C)C. The Kier molecular flexibility index (Phi) is 5.16. The summed E-state index contributed by atoms with van der Waals surface area (Å²) in [4.78, 5) is 11.4. The molecule has 2 N–H and O–H groups in total. The van der Waals surface area contributed by atoms with Crippen LogP contribution in [0.1, 0.15) is 30.5 Å². The monoisotopic (exact) mass is 234 g/mol. The zero-order chi connectivity index (χ0) is 12.8. The minimum absolute atomic E-state index is 0.0474. The van der Waals surface area contributed by atoms with Crippen molar-refractivity contribution >= 4 is 5.91 Å². The van der Waals surface area contributed by atoms with Gasteiger partial charge in [-0.05, 0) is 44.4 Å². The molecular weight excluding hydrogens is 212 g/mol. The van der Waals surface area contributed by atoms with Gasteiger partial charge in [0.15, 0.2) is 0 Å². The maximum absolute atomic E-state index is 11.4. The average molecular weight is 234 g/mol. The number of carbonyl (C=O) groups is 1. The van der Waals surface area contributed by atoms with Crippen molar-refractivity contribution in [1.29, 1.82) is 0 Å². The van der Waals surface area contributed by atoms with Crippen LogP contribution >= 0.6 is 0 Å². The van der Waals surface area contributed by atoms with Gasteiger partial charge in [0.2, 0.25) is 5.91 Å². The van der Waals surface area contributed by atoms with Crippen molar-refractivity contribution < 1.29 is 4.79 Å². The van der Waals surface area contributed by atoms with Crippen molar-refractivity contribution in [2.75, 3.05) is 6.54 Å². The molecule has 3 nitrogen and oxygen atoms in total. The Balaban J connectivity index is 2.43. The molecule has 0 saturated heterocycles. The van der Waals surface area contributed by atoms with Crippen LogP contribution in [0.4, 0.5) is 0 Å². The maximum atomic E-state index is 11.4. The van der Waals surface area contributed by atoms with E-state index in [0.29, 0.717) is 6.54 Å². The lowest BCUT2D eigenvalue weighted by atomic mass is 10.0. The standard InChI is InChI=1S/C14H22N2O/c1-10(2)16-14(17)9-15-8-13-11(3)6-5-7-12(13)4/h5-7,10,15H,8-9H2,1-4H3,(H,16,17). The first kappa shape index (κ1) is 13.7. The van der Waals surface area contributed by atoms with Crippen molar-refractivity contribution in [3.63, 3.8) is 0 Å². The lowest BCUT2D eigenvalue weighted by Gasteiger charge is -2.12. The molecule has 0 bridgehead atoms. The molecule has 0 heterocycles. The summed E-state index contributed by atoms with van der Waals surface area (Å²) in [5.41, 5.74) is 3.81. The summed E-state index contributed by atoms with van der Waals surface area (Å²) in [6, 6.07) is 6.44. The smallest absolute Gasteiger partial charge is 0.234 e. The summed E-state index contributed by atoms with van der Waals surface area (Å²) in [7, 11) is 0. The second kappa shape index (κ2) is 6.40. The van der Waals surface area contributed by atoms with Gasteiger partial charge in [0, 0.05) is 12.6 Å². The van der Waals surface area contributed by atoms with Crippen LogP contribution in [0.15, 0.2) is 18.2 Å². The number of carbonyl (C=O) groups excluding carboxylic acids is 1. The Hall–Kier alpha value is -1.35. The molecule has 0 atom stereocenters. The van der Waals surface area contributed by atoms with Gasteiger partial charge in [0.25, 0.3) is 0 Å². The average Bonchev–Trinajstić information content (AvgIpc) is 2.21. The van der Waals surface area contributed by atoms with E-state index in [-0.39, 0.29) is 11.9 Å². The fourth-order valence-corrected chi connectivity index (χ4v) is 1.80. The van der Waals surface area contributed by atoms with Gasteiger partial charge in [-0.25, -0.2) is 0 Å². The molecule has 0 saturated carbocycles. The number of nitrogens with one attached hydrogen (secondary N) is 2. The molecule has 0 aliphatic heterocycles. The first-order valence-corrected chi connectivity index (χ1v) is 6.06. The van der Waals surface area contributed by atoms with Gasteiger partial charge in [-0.1, -0.05) is 18.2 Å². The Bertz CT molecular complexity index is 366. The number of rotatable bonds is 5.